The highest BCUT2D eigenvalue weighted by Gasteiger charge is 2.35. The minimum atomic E-state index is -1.01. The van der Waals surface area contributed by atoms with Gasteiger partial charge in [-0.1, -0.05) is 31.4 Å². The maximum absolute atomic E-state index is 14.2. The Kier molecular flexibility index (Phi) is 10.8. The standard InChI is InChI=1S/C40H41N5O7S/c1-39(2,3)52-38(49)42-22-24-8-10-26(11-9-24)43-35(46)29-20-30-32(51-18-14-25-15-19-53-34(25)30)21-28(29)27-12-13-31(44-33(27)37(48)50-4)36(47)45-40(23-41)16-6-5-7-17-40/h8-13,15,19-21H,5-7,14,16-18,22H2,1-4H3,(H,42,49)(H,43,46)(H,45,47). The molecule has 0 radical (unpaired) electrons. The number of carbonyl (C=O) groups excluding carboxylic acids is 4. The van der Waals surface area contributed by atoms with E-state index in [0.29, 0.717) is 42.9 Å². The number of nitrogens with one attached hydrogen (secondary N) is 3. The summed E-state index contributed by atoms with van der Waals surface area (Å²) in [4.78, 5) is 58.5. The van der Waals surface area contributed by atoms with Crippen molar-refractivity contribution in [2.45, 2.75) is 77.0 Å². The van der Waals surface area contributed by atoms with Crippen LogP contribution in [0.1, 0.15) is 95.3 Å². The zero-order valence-corrected chi connectivity index (χ0v) is 30.9. The molecule has 3 heterocycles. The summed E-state index contributed by atoms with van der Waals surface area (Å²) in [6.45, 7) is 6.01. The largest absolute Gasteiger partial charge is 0.493 e. The number of rotatable bonds is 8. The minimum Gasteiger partial charge on any atom is -0.493 e. The van der Waals surface area contributed by atoms with Gasteiger partial charge in [0.2, 0.25) is 0 Å². The highest BCUT2D eigenvalue weighted by molar-refractivity contribution is 7.13. The van der Waals surface area contributed by atoms with Gasteiger partial charge < -0.3 is 30.2 Å². The summed E-state index contributed by atoms with van der Waals surface area (Å²) in [5.74, 6) is -1.31. The van der Waals surface area contributed by atoms with E-state index in [4.69, 9.17) is 14.2 Å². The summed E-state index contributed by atoms with van der Waals surface area (Å²) >= 11 is 1.55. The Balaban J connectivity index is 1.35. The van der Waals surface area contributed by atoms with E-state index in [9.17, 15) is 24.4 Å². The molecule has 4 aromatic rings. The number of carbonyl (C=O) groups is 4. The van der Waals surface area contributed by atoms with Crippen LogP contribution >= 0.6 is 11.3 Å². The molecule has 0 spiro atoms. The molecule has 0 bridgehead atoms. The maximum Gasteiger partial charge on any atom is 0.407 e. The van der Waals surface area contributed by atoms with Crippen molar-refractivity contribution in [3.63, 3.8) is 0 Å². The number of thiophene rings is 1. The first-order valence-electron chi connectivity index (χ1n) is 17.5. The van der Waals surface area contributed by atoms with Crippen LogP contribution in [0.15, 0.2) is 60.0 Å². The molecule has 0 saturated heterocycles. The molecular weight excluding hydrogens is 695 g/mol. The highest BCUT2D eigenvalue weighted by Crippen LogP contribution is 2.43. The summed E-state index contributed by atoms with van der Waals surface area (Å²) in [7, 11) is 1.21. The van der Waals surface area contributed by atoms with Crippen LogP contribution < -0.4 is 20.7 Å². The van der Waals surface area contributed by atoms with Gasteiger partial charge >= 0.3 is 12.1 Å². The third kappa shape index (κ3) is 8.50. The lowest BCUT2D eigenvalue weighted by Crippen LogP contribution is -2.48. The Morgan fingerprint density at radius 1 is 0.962 bits per heavy atom. The van der Waals surface area contributed by atoms with Gasteiger partial charge in [0.25, 0.3) is 11.8 Å². The minimum absolute atomic E-state index is 0.0594. The van der Waals surface area contributed by atoms with Crippen LogP contribution in [0.5, 0.6) is 5.75 Å². The number of alkyl carbamates (subject to hydrolysis) is 1. The van der Waals surface area contributed by atoms with Crippen LogP contribution in [-0.2, 0) is 22.4 Å². The van der Waals surface area contributed by atoms with E-state index < -0.39 is 35.0 Å². The number of nitrogens with zero attached hydrogens (tertiary/aromatic N) is 2. The van der Waals surface area contributed by atoms with E-state index in [-0.39, 0.29) is 29.1 Å². The number of hydrogen-bond donors (Lipinski definition) is 3. The van der Waals surface area contributed by atoms with Gasteiger partial charge in [-0.15, -0.1) is 11.3 Å². The quantitative estimate of drug-likeness (QED) is 0.156. The fourth-order valence-corrected chi connectivity index (χ4v) is 7.45. The van der Waals surface area contributed by atoms with E-state index in [1.165, 1.54) is 13.2 Å². The number of ether oxygens (including phenoxy) is 3. The molecular formula is C40H41N5O7S. The number of aromatic nitrogens is 1. The van der Waals surface area contributed by atoms with Crippen molar-refractivity contribution >= 4 is 40.9 Å². The van der Waals surface area contributed by atoms with Crippen molar-refractivity contribution in [2.24, 2.45) is 0 Å². The monoisotopic (exact) mass is 735 g/mol. The van der Waals surface area contributed by atoms with Crippen LogP contribution in [-0.4, -0.2) is 53.7 Å². The van der Waals surface area contributed by atoms with Crippen molar-refractivity contribution in [2.75, 3.05) is 19.0 Å². The van der Waals surface area contributed by atoms with Gasteiger partial charge in [0.05, 0.1) is 19.8 Å². The normalized spacial score (nSPS) is 14.5. The van der Waals surface area contributed by atoms with Gasteiger partial charge in [0.1, 0.15) is 22.6 Å². The second-order valence-electron chi connectivity index (χ2n) is 14.1. The van der Waals surface area contributed by atoms with Crippen LogP contribution in [0.25, 0.3) is 21.6 Å². The molecule has 3 amide bonds. The van der Waals surface area contributed by atoms with Crippen molar-refractivity contribution in [1.82, 2.24) is 15.6 Å². The number of esters is 1. The number of fused-ring (bicyclic) bond motifs is 3. The summed E-state index contributed by atoms with van der Waals surface area (Å²) in [6.07, 6.45) is 3.84. The predicted octanol–water partition coefficient (Wildman–Crippen LogP) is 7.43. The highest BCUT2D eigenvalue weighted by atomic mass is 32.1. The van der Waals surface area contributed by atoms with Crippen molar-refractivity contribution in [3.8, 4) is 33.4 Å². The van der Waals surface area contributed by atoms with Gasteiger partial charge in [-0.2, -0.15) is 5.26 Å². The summed E-state index contributed by atoms with van der Waals surface area (Å²) in [5.41, 5.74) is 2.12. The van der Waals surface area contributed by atoms with E-state index in [2.05, 4.69) is 27.0 Å². The number of benzene rings is 2. The van der Waals surface area contributed by atoms with Crippen molar-refractivity contribution in [3.05, 3.63) is 88.1 Å². The number of amides is 3. The Bertz CT molecular complexity index is 2090. The molecule has 1 aliphatic carbocycles. The first kappa shape index (κ1) is 37.0. The third-order valence-corrected chi connectivity index (χ3v) is 10.1. The first-order valence-corrected chi connectivity index (χ1v) is 18.3. The topological polar surface area (TPSA) is 169 Å². The molecule has 3 N–H and O–H groups in total. The third-order valence-electron chi connectivity index (χ3n) is 9.10. The summed E-state index contributed by atoms with van der Waals surface area (Å²) in [5, 5.41) is 20.5. The zero-order valence-electron chi connectivity index (χ0n) is 30.1. The van der Waals surface area contributed by atoms with Crippen LogP contribution in [0, 0.1) is 11.3 Å². The van der Waals surface area contributed by atoms with Gasteiger partial charge in [-0.05, 0) is 92.6 Å². The Labute approximate surface area is 311 Å². The van der Waals surface area contributed by atoms with Crippen molar-refractivity contribution in [1.29, 1.82) is 5.26 Å². The van der Waals surface area contributed by atoms with E-state index in [1.807, 2.05) is 11.4 Å². The van der Waals surface area contributed by atoms with Crippen LogP contribution in [0.4, 0.5) is 10.5 Å². The lowest BCUT2D eigenvalue weighted by molar-refractivity contribution is 0.0521. The second kappa shape index (κ2) is 15.5. The average molecular weight is 736 g/mol. The molecule has 2 aromatic carbocycles. The Hall–Kier alpha value is -5.74. The van der Waals surface area contributed by atoms with E-state index in [0.717, 1.165) is 40.8 Å². The molecule has 12 nitrogen and oxygen atoms in total. The molecule has 2 aliphatic rings. The maximum atomic E-state index is 14.2. The van der Waals surface area contributed by atoms with Gasteiger partial charge in [-0.3, -0.25) is 9.59 Å². The molecule has 1 fully saturated rings. The van der Waals surface area contributed by atoms with Gasteiger partial charge in [0, 0.05) is 45.8 Å². The average Bonchev–Trinajstić information content (AvgIpc) is 3.54. The fourth-order valence-electron chi connectivity index (χ4n) is 6.48. The Morgan fingerprint density at radius 3 is 2.42 bits per heavy atom. The number of nitriles is 1. The summed E-state index contributed by atoms with van der Waals surface area (Å²) in [6, 6.07) is 17.8. The van der Waals surface area contributed by atoms with E-state index in [1.54, 1.807) is 74.6 Å². The molecule has 1 saturated carbocycles. The number of pyridine rings is 1. The van der Waals surface area contributed by atoms with E-state index >= 15 is 0 Å². The number of methoxy groups -OCH3 is 1. The van der Waals surface area contributed by atoms with Gasteiger partial charge in [0.15, 0.2) is 5.69 Å². The molecule has 0 unspecified atom stereocenters. The SMILES string of the molecule is COC(=O)c1nc(C(=O)NC2(C#N)CCCCC2)ccc1-c1cc2c(cc1C(=O)Nc1ccc(CNC(=O)OC(C)(C)C)cc1)-c1sccc1CCO2. The van der Waals surface area contributed by atoms with Crippen molar-refractivity contribution < 1.29 is 33.4 Å². The second-order valence-corrected chi connectivity index (χ2v) is 15.0. The molecule has 1 aliphatic heterocycles. The van der Waals surface area contributed by atoms with Crippen LogP contribution in [0.2, 0.25) is 0 Å². The number of hydrogen-bond acceptors (Lipinski definition) is 10. The lowest BCUT2D eigenvalue weighted by Gasteiger charge is -2.31. The predicted molar refractivity (Wildman–Crippen MR) is 200 cm³/mol. The molecule has 2 aromatic heterocycles. The lowest BCUT2D eigenvalue weighted by atomic mass is 9.83. The van der Waals surface area contributed by atoms with Gasteiger partial charge in [-0.25, -0.2) is 14.6 Å². The summed E-state index contributed by atoms with van der Waals surface area (Å²) < 4.78 is 16.6. The molecule has 274 valence electrons. The first-order chi connectivity index (χ1) is 25.4. The fraction of sp³-hybridized carbons (Fsp3) is 0.350. The molecule has 6 rings (SSSR count). The van der Waals surface area contributed by atoms with Crippen LogP contribution in [0.3, 0.4) is 0 Å². The smallest absolute Gasteiger partial charge is 0.407 e. The number of anilines is 1. The molecule has 0 atom stereocenters. The molecule has 53 heavy (non-hydrogen) atoms. The molecule has 13 heteroatoms. The Morgan fingerprint density at radius 2 is 1.72 bits per heavy atom. The zero-order chi connectivity index (χ0) is 37.8.